The van der Waals surface area contributed by atoms with Crippen LogP contribution in [0.4, 0.5) is 0 Å². The Morgan fingerprint density at radius 3 is 0.610 bits per heavy atom. The first-order valence-electron chi connectivity index (χ1n) is 29.2. The molecule has 0 aromatic heterocycles. The van der Waals surface area contributed by atoms with Gasteiger partial charge in [0.15, 0.2) is 0 Å². The number of aromatic hydroxyl groups is 4. The van der Waals surface area contributed by atoms with Gasteiger partial charge in [-0.3, -0.25) is 19.2 Å². The van der Waals surface area contributed by atoms with Gasteiger partial charge in [0.05, 0.1) is 0 Å². The summed E-state index contributed by atoms with van der Waals surface area (Å²) in [7, 11) is 0. The summed E-state index contributed by atoms with van der Waals surface area (Å²) in [5, 5.41) is 45.9. The van der Waals surface area contributed by atoms with Gasteiger partial charge in [0, 0.05) is 25.7 Å². The number of ether oxygens (including phenoxy) is 4. The molecule has 0 fully saturated rings. The van der Waals surface area contributed by atoms with Crippen LogP contribution in [0, 0.1) is 0 Å². The van der Waals surface area contributed by atoms with Gasteiger partial charge in [0.25, 0.3) is 0 Å². The van der Waals surface area contributed by atoms with Crippen LogP contribution in [0.3, 0.4) is 0 Å². The minimum Gasteiger partial charge on any atom is -0.507 e. The second kappa shape index (κ2) is 24.7. The number of rotatable bonds is 17. The number of esters is 4. The summed E-state index contributed by atoms with van der Waals surface area (Å²) in [4.78, 5) is 57.6. The van der Waals surface area contributed by atoms with Crippen molar-refractivity contribution < 1.29 is 58.6 Å². The van der Waals surface area contributed by atoms with Crippen molar-refractivity contribution in [2.24, 2.45) is 0 Å². The van der Waals surface area contributed by atoms with Crippen molar-refractivity contribution in [1.82, 2.24) is 0 Å². The lowest BCUT2D eigenvalue weighted by Crippen LogP contribution is -2.49. The summed E-state index contributed by atoms with van der Waals surface area (Å²) in [5.74, 6) is -5.75. The number of phenols is 4. The zero-order valence-corrected chi connectivity index (χ0v) is 54.5. The Balaban J connectivity index is 1.85. The Hall–Kier alpha value is -6.04. The zero-order chi connectivity index (χ0) is 62.9. The molecule has 0 unspecified atom stereocenters. The van der Waals surface area contributed by atoms with Crippen molar-refractivity contribution in [2.45, 2.75) is 267 Å². The van der Waals surface area contributed by atoms with Crippen LogP contribution in [0.15, 0.2) is 48.5 Å². The molecule has 0 amide bonds. The lowest BCUT2D eigenvalue weighted by molar-refractivity contribution is -0.342. The Labute approximate surface area is 492 Å². The van der Waals surface area contributed by atoms with Crippen LogP contribution in [0.2, 0.25) is 0 Å². The van der Waals surface area contributed by atoms with Crippen molar-refractivity contribution in [3.63, 3.8) is 0 Å². The first-order valence-corrected chi connectivity index (χ1v) is 29.2. The third-order valence-corrected chi connectivity index (χ3v) is 14.8. The first-order chi connectivity index (χ1) is 36.9. The molecule has 0 saturated heterocycles. The Morgan fingerprint density at radius 2 is 0.451 bits per heavy atom. The van der Waals surface area contributed by atoms with Crippen molar-refractivity contribution in [2.75, 3.05) is 6.61 Å². The summed E-state index contributed by atoms with van der Waals surface area (Å²) in [6.45, 7) is 46.8. The van der Waals surface area contributed by atoms with Crippen LogP contribution < -0.4 is 0 Å². The van der Waals surface area contributed by atoms with E-state index in [2.05, 4.69) is 0 Å². The summed E-state index contributed by atoms with van der Waals surface area (Å²) in [6, 6.07) is 14.9. The average molecular weight is 1140 g/mol. The molecule has 4 aromatic rings. The highest BCUT2D eigenvalue weighted by Gasteiger charge is 2.46. The second-order valence-electron chi connectivity index (χ2n) is 30.9. The predicted molar refractivity (Wildman–Crippen MR) is 327 cm³/mol. The monoisotopic (exact) mass is 1130 g/mol. The maximum absolute atomic E-state index is 14.5. The highest BCUT2D eigenvalue weighted by atomic mass is 16.9. The maximum Gasteiger partial charge on any atom is 0.460 e. The quantitative estimate of drug-likeness (QED) is 0.0580. The predicted octanol–water partition coefficient (Wildman–Crippen LogP) is 15.5. The topological polar surface area (TPSA) is 186 Å². The molecule has 82 heavy (non-hydrogen) atoms. The molecular weight excluding hydrogens is 1030 g/mol. The van der Waals surface area contributed by atoms with E-state index in [9.17, 15) is 39.6 Å². The van der Waals surface area contributed by atoms with Gasteiger partial charge in [-0.1, -0.05) is 215 Å². The Morgan fingerprint density at radius 1 is 0.293 bits per heavy atom. The molecule has 454 valence electrons. The first kappa shape index (κ1) is 68.5. The van der Waals surface area contributed by atoms with Crippen molar-refractivity contribution >= 4 is 23.9 Å². The zero-order valence-electron chi connectivity index (χ0n) is 54.5. The number of phenolic OH excluding ortho intramolecular Hbond substituents is 4. The summed E-state index contributed by atoms with van der Waals surface area (Å²) >= 11 is 0. The number of carbonyl (C=O) groups is 4. The third-order valence-electron chi connectivity index (χ3n) is 14.8. The standard InChI is InChI=1S/C70H102O12/c1-62(2,3)46-33-42(34-47(58(46)75)63(4,5)6)25-29-54(71)79-41-70(80-55(72)30-26-43-35-48(64(7,8)9)59(76)49(36-43)65(10,11)12,81-56(73)31-27-44-37-50(66(13,14)15)60(77)51(38-44)67(16,17)18)82-57(74)32-28-45-39-52(68(19,20)21)61(78)53(40-45)69(22,23)24/h33-40,75-78H,25-32,41H2,1-24H3. The van der Waals surface area contributed by atoms with Gasteiger partial charge in [-0.15, -0.1) is 0 Å². The van der Waals surface area contributed by atoms with Crippen LogP contribution in [0.25, 0.3) is 0 Å². The van der Waals surface area contributed by atoms with E-state index in [-0.39, 0.29) is 74.4 Å². The minimum absolute atomic E-state index is 0.114. The van der Waals surface area contributed by atoms with Crippen LogP contribution in [-0.4, -0.2) is 56.9 Å². The Bertz CT molecular complexity index is 2590. The van der Waals surface area contributed by atoms with E-state index >= 15 is 0 Å². The molecule has 0 aliphatic carbocycles. The van der Waals surface area contributed by atoms with Gasteiger partial charge in [-0.05, 0) is 136 Å². The summed E-state index contributed by atoms with van der Waals surface area (Å²) in [6.07, 6.45) is -0.546. The number of carbonyl (C=O) groups excluding carboxylic acids is 4. The van der Waals surface area contributed by atoms with E-state index in [0.29, 0.717) is 33.4 Å². The van der Waals surface area contributed by atoms with E-state index in [1.807, 2.05) is 215 Å². The van der Waals surface area contributed by atoms with Gasteiger partial charge in [-0.25, -0.2) is 0 Å². The van der Waals surface area contributed by atoms with E-state index < -0.39 is 79.8 Å². The average Bonchev–Trinajstić information content (AvgIpc) is 3.28. The fraction of sp³-hybridized carbons (Fsp3) is 0.600. The number of hydrogen-bond donors (Lipinski definition) is 4. The van der Waals surface area contributed by atoms with Crippen LogP contribution in [-0.2, 0) is 107 Å². The normalized spacial score (nSPS) is 13.2. The number of aryl methyl sites for hydroxylation is 4. The molecule has 0 aliphatic heterocycles. The summed E-state index contributed by atoms with van der Waals surface area (Å²) < 4.78 is 24.2. The smallest absolute Gasteiger partial charge is 0.460 e. The molecule has 12 heteroatoms. The molecule has 0 bridgehead atoms. The van der Waals surface area contributed by atoms with Gasteiger partial charge in [-0.2, -0.15) is 0 Å². The van der Waals surface area contributed by atoms with Crippen molar-refractivity contribution in [3.8, 4) is 23.0 Å². The van der Waals surface area contributed by atoms with Gasteiger partial charge < -0.3 is 39.4 Å². The van der Waals surface area contributed by atoms with Crippen molar-refractivity contribution in [1.29, 1.82) is 0 Å². The highest BCUT2D eigenvalue weighted by molar-refractivity contribution is 5.75. The van der Waals surface area contributed by atoms with Crippen molar-refractivity contribution in [3.05, 3.63) is 115 Å². The minimum atomic E-state index is -2.90. The largest absolute Gasteiger partial charge is 0.507 e. The lowest BCUT2D eigenvalue weighted by Gasteiger charge is -2.31. The molecule has 12 nitrogen and oxygen atoms in total. The highest BCUT2D eigenvalue weighted by Crippen LogP contribution is 2.44. The van der Waals surface area contributed by atoms with E-state index in [4.69, 9.17) is 18.9 Å². The molecule has 0 heterocycles. The van der Waals surface area contributed by atoms with E-state index in [1.54, 1.807) is 0 Å². The van der Waals surface area contributed by atoms with Gasteiger partial charge >= 0.3 is 29.9 Å². The molecule has 0 aliphatic rings. The summed E-state index contributed by atoms with van der Waals surface area (Å²) in [5.41, 5.74) is 4.95. The van der Waals surface area contributed by atoms with Gasteiger partial charge in [0.1, 0.15) is 23.0 Å². The molecule has 0 saturated carbocycles. The molecule has 0 spiro atoms. The third kappa shape index (κ3) is 18.2. The second-order valence-corrected chi connectivity index (χ2v) is 30.9. The fourth-order valence-corrected chi connectivity index (χ4v) is 9.98. The maximum atomic E-state index is 14.5. The Kier molecular flexibility index (Phi) is 20.6. The molecule has 4 N–H and O–H groups in total. The molecule has 0 atom stereocenters. The molecule has 0 radical (unpaired) electrons. The number of benzene rings is 4. The molecular formula is C70H102O12. The fourth-order valence-electron chi connectivity index (χ4n) is 9.98. The van der Waals surface area contributed by atoms with Crippen LogP contribution in [0.5, 0.6) is 23.0 Å². The molecule has 4 rings (SSSR count). The van der Waals surface area contributed by atoms with E-state index in [0.717, 1.165) is 33.4 Å². The van der Waals surface area contributed by atoms with Crippen LogP contribution in [0.1, 0.15) is 259 Å². The van der Waals surface area contributed by atoms with E-state index in [1.165, 1.54) is 0 Å². The number of hydrogen-bond acceptors (Lipinski definition) is 12. The molecule has 4 aromatic carbocycles. The van der Waals surface area contributed by atoms with Gasteiger partial charge in [0.2, 0.25) is 6.61 Å². The lowest BCUT2D eigenvalue weighted by atomic mass is 9.78. The van der Waals surface area contributed by atoms with Crippen LogP contribution >= 0.6 is 0 Å². The SMILES string of the molecule is CC(C)(C)c1cc(CCC(=O)OCC(OC(=O)CCc2cc(C(C)(C)C)c(O)c(C(C)(C)C)c2)(OC(=O)CCc2cc(C(C)(C)C)c(O)c(C(C)(C)C)c2)OC(=O)CCc2cc(C(C)(C)C)c(O)c(C(C)(C)C)c2)cc(C(C)(C)C)c1O.